The van der Waals surface area contributed by atoms with E-state index >= 15 is 0 Å². The van der Waals surface area contributed by atoms with Gasteiger partial charge >= 0.3 is 0 Å². The van der Waals surface area contributed by atoms with Crippen molar-refractivity contribution in [3.05, 3.63) is 71.0 Å². The van der Waals surface area contributed by atoms with Gasteiger partial charge in [-0.15, -0.1) is 0 Å². The SMILES string of the molecule is N#Cc1ccc(F)cc1CS(=O)(=O)Cc1ccccc1. The Labute approximate surface area is 117 Å². The van der Waals surface area contributed by atoms with Crippen LogP contribution in [0.5, 0.6) is 0 Å². The highest BCUT2D eigenvalue weighted by atomic mass is 32.2. The molecular weight excluding hydrogens is 277 g/mol. The summed E-state index contributed by atoms with van der Waals surface area (Å²) in [5.41, 5.74) is 1.05. The van der Waals surface area contributed by atoms with Crippen LogP contribution in [0.4, 0.5) is 4.39 Å². The average Bonchev–Trinajstić information content (AvgIpc) is 2.39. The van der Waals surface area contributed by atoms with E-state index in [1.165, 1.54) is 6.07 Å². The number of sulfone groups is 1. The molecule has 3 nitrogen and oxygen atoms in total. The van der Waals surface area contributed by atoms with Gasteiger partial charge in [0.2, 0.25) is 0 Å². The molecule has 20 heavy (non-hydrogen) atoms. The Morgan fingerprint density at radius 1 is 1.05 bits per heavy atom. The number of nitrogens with zero attached hydrogens (tertiary/aromatic N) is 1. The van der Waals surface area contributed by atoms with Gasteiger partial charge in [0.25, 0.3) is 0 Å². The van der Waals surface area contributed by atoms with Crippen molar-refractivity contribution in [3.63, 3.8) is 0 Å². The van der Waals surface area contributed by atoms with Gasteiger partial charge in [0.05, 0.1) is 23.1 Å². The summed E-state index contributed by atoms with van der Waals surface area (Å²) >= 11 is 0. The van der Waals surface area contributed by atoms with E-state index < -0.39 is 15.7 Å². The zero-order valence-electron chi connectivity index (χ0n) is 10.6. The Kier molecular flexibility index (Phi) is 4.16. The molecule has 0 heterocycles. The molecule has 0 saturated carbocycles. The maximum absolute atomic E-state index is 13.2. The van der Waals surface area contributed by atoms with Gasteiger partial charge in [-0.2, -0.15) is 5.26 Å². The van der Waals surface area contributed by atoms with E-state index in [4.69, 9.17) is 5.26 Å². The summed E-state index contributed by atoms with van der Waals surface area (Å²) in [6.45, 7) is 0. The third-order valence-electron chi connectivity index (χ3n) is 2.79. The molecule has 0 aliphatic carbocycles. The van der Waals surface area contributed by atoms with Crippen LogP contribution in [0.3, 0.4) is 0 Å². The molecule has 0 atom stereocenters. The lowest BCUT2D eigenvalue weighted by Gasteiger charge is -2.06. The normalized spacial score (nSPS) is 11.0. The summed E-state index contributed by atoms with van der Waals surface area (Å²) in [6, 6.07) is 14.2. The first-order chi connectivity index (χ1) is 9.50. The Balaban J connectivity index is 2.25. The highest BCUT2D eigenvalue weighted by Crippen LogP contribution is 2.17. The Morgan fingerprint density at radius 2 is 1.75 bits per heavy atom. The lowest BCUT2D eigenvalue weighted by atomic mass is 10.1. The van der Waals surface area contributed by atoms with Gasteiger partial charge in [-0.3, -0.25) is 0 Å². The summed E-state index contributed by atoms with van der Waals surface area (Å²) in [6.07, 6.45) is 0. The van der Waals surface area contributed by atoms with Gasteiger partial charge in [0.15, 0.2) is 9.84 Å². The number of rotatable bonds is 4. The van der Waals surface area contributed by atoms with Crippen LogP contribution in [0.15, 0.2) is 48.5 Å². The Hall–Kier alpha value is -2.19. The fraction of sp³-hybridized carbons (Fsp3) is 0.133. The third-order valence-corrected chi connectivity index (χ3v) is 4.32. The second-order valence-corrected chi connectivity index (χ2v) is 6.50. The number of benzene rings is 2. The summed E-state index contributed by atoms with van der Waals surface area (Å²) in [5.74, 6) is -1.02. The molecule has 0 aliphatic heterocycles. The van der Waals surface area contributed by atoms with Crippen molar-refractivity contribution in [1.29, 1.82) is 5.26 Å². The van der Waals surface area contributed by atoms with E-state index in [1.807, 2.05) is 6.07 Å². The molecule has 0 spiro atoms. The molecule has 0 bridgehead atoms. The highest BCUT2D eigenvalue weighted by molar-refractivity contribution is 7.89. The van der Waals surface area contributed by atoms with E-state index in [0.717, 1.165) is 12.1 Å². The maximum atomic E-state index is 13.2. The molecule has 0 saturated heterocycles. The van der Waals surface area contributed by atoms with E-state index in [0.29, 0.717) is 5.56 Å². The number of halogens is 1. The van der Waals surface area contributed by atoms with Crippen LogP contribution in [-0.4, -0.2) is 8.42 Å². The van der Waals surface area contributed by atoms with Crippen LogP contribution in [0, 0.1) is 17.1 Å². The van der Waals surface area contributed by atoms with Gasteiger partial charge in [-0.1, -0.05) is 30.3 Å². The first-order valence-electron chi connectivity index (χ1n) is 5.93. The molecule has 0 amide bonds. The zero-order valence-corrected chi connectivity index (χ0v) is 11.4. The van der Waals surface area contributed by atoms with Crippen LogP contribution in [0.25, 0.3) is 0 Å². The topological polar surface area (TPSA) is 57.9 Å². The van der Waals surface area contributed by atoms with Gasteiger partial charge < -0.3 is 0 Å². The summed E-state index contributed by atoms with van der Waals surface area (Å²) in [7, 11) is -3.45. The van der Waals surface area contributed by atoms with Gasteiger partial charge in [0, 0.05) is 0 Å². The average molecular weight is 289 g/mol. The molecular formula is C15H12FNO2S. The number of hydrogen-bond donors (Lipinski definition) is 0. The minimum atomic E-state index is -3.45. The molecule has 0 N–H and O–H groups in total. The van der Waals surface area contributed by atoms with Crippen molar-refractivity contribution in [3.8, 4) is 6.07 Å². The molecule has 0 fully saturated rings. The molecule has 5 heteroatoms. The quantitative estimate of drug-likeness (QED) is 0.869. The maximum Gasteiger partial charge on any atom is 0.158 e. The van der Waals surface area contributed by atoms with E-state index in [2.05, 4.69) is 0 Å². The van der Waals surface area contributed by atoms with Crippen molar-refractivity contribution >= 4 is 9.84 Å². The van der Waals surface area contributed by atoms with Gasteiger partial charge in [-0.25, -0.2) is 12.8 Å². The smallest absolute Gasteiger partial charge is 0.158 e. The number of hydrogen-bond acceptors (Lipinski definition) is 3. The molecule has 0 radical (unpaired) electrons. The van der Waals surface area contributed by atoms with Crippen LogP contribution >= 0.6 is 0 Å². The zero-order chi connectivity index (χ0) is 14.6. The molecule has 0 aromatic heterocycles. The second-order valence-electron chi connectivity index (χ2n) is 4.43. The van der Waals surface area contributed by atoms with Crippen molar-refractivity contribution < 1.29 is 12.8 Å². The predicted molar refractivity (Wildman–Crippen MR) is 73.9 cm³/mol. The summed E-state index contributed by atoms with van der Waals surface area (Å²) in [4.78, 5) is 0. The lowest BCUT2D eigenvalue weighted by molar-refractivity contribution is 0.594. The standard InChI is InChI=1S/C15H12FNO2S/c16-15-7-6-13(9-17)14(8-15)11-20(18,19)10-12-4-2-1-3-5-12/h1-8H,10-11H2. The predicted octanol–water partition coefficient (Wildman–Crippen LogP) is 2.81. The van der Waals surface area contributed by atoms with Gasteiger partial charge in [-0.05, 0) is 29.3 Å². The van der Waals surface area contributed by atoms with Crippen molar-refractivity contribution in [2.45, 2.75) is 11.5 Å². The molecule has 2 rings (SSSR count). The van der Waals surface area contributed by atoms with Crippen LogP contribution in [0.2, 0.25) is 0 Å². The molecule has 2 aromatic rings. The molecule has 102 valence electrons. The third kappa shape index (κ3) is 3.65. The van der Waals surface area contributed by atoms with Gasteiger partial charge in [0.1, 0.15) is 5.82 Å². The van der Waals surface area contributed by atoms with Crippen LogP contribution in [-0.2, 0) is 21.3 Å². The Morgan fingerprint density at radius 3 is 2.40 bits per heavy atom. The monoisotopic (exact) mass is 289 g/mol. The van der Waals surface area contributed by atoms with E-state index in [1.54, 1.807) is 30.3 Å². The number of nitriles is 1. The Bertz CT molecular complexity index is 749. The molecule has 0 unspecified atom stereocenters. The highest BCUT2D eigenvalue weighted by Gasteiger charge is 2.16. The largest absolute Gasteiger partial charge is 0.228 e. The molecule has 2 aromatic carbocycles. The fourth-order valence-electron chi connectivity index (χ4n) is 1.91. The van der Waals surface area contributed by atoms with Crippen LogP contribution < -0.4 is 0 Å². The van der Waals surface area contributed by atoms with E-state index in [9.17, 15) is 12.8 Å². The van der Waals surface area contributed by atoms with Crippen molar-refractivity contribution in [2.24, 2.45) is 0 Å². The second kappa shape index (κ2) is 5.85. The minimum Gasteiger partial charge on any atom is -0.228 e. The summed E-state index contributed by atoms with van der Waals surface area (Å²) in [5, 5.41) is 8.93. The van der Waals surface area contributed by atoms with Crippen molar-refractivity contribution in [1.82, 2.24) is 0 Å². The lowest BCUT2D eigenvalue weighted by Crippen LogP contribution is -2.09. The van der Waals surface area contributed by atoms with E-state index in [-0.39, 0.29) is 22.6 Å². The first-order valence-corrected chi connectivity index (χ1v) is 7.75. The van der Waals surface area contributed by atoms with Crippen molar-refractivity contribution in [2.75, 3.05) is 0 Å². The first kappa shape index (κ1) is 14.2. The molecule has 0 aliphatic rings. The minimum absolute atomic E-state index is 0.130. The fourth-order valence-corrected chi connectivity index (χ4v) is 3.42. The summed E-state index contributed by atoms with van der Waals surface area (Å²) < 4.78 is 37.4. The van der Waals surface area contributed by atoms with Crippen LogP contribution in [0.1, 0.15) is 16.7 Å².